The van der Waals surface area contributed by atoms with Crippen LogP contribution in [0.5, 0.6) is 0 Å². The van der Waals surface area contributed by atoms with Gasteiger partial charge in [-0.25, -0.2) is 13.2 Å². The van der Waals surface area contributed by atoms with Gasteiger partial charge in [0.1, 0.15) is 15.6 Å². The molecular weight excluding hydrogens is 431 g/mol. The minimum atomic E-state index is -4.57. The number of aromatic amines is 1. The highest BCUT2D eigenvalue weighted by Gasteiger charge is 2.33. The number of anilines is 1. The third-order valence-electron chi connectivity index (χ3n) is 3.63. The van der Waals surface area contributed by atoms with E-state index in [2.05, 4.69) is 9.82 Å². The van der Waals surface area contributed by atoms with Crippen LogP contribution in [0.15, 0.2) is 46.7 Å². The summed E-state index contributed by atoms with van der Waals surface area (Å²) in [5.74, 6) is -0.526. The number of carbonyl (C=O) groups excluding carboxylic acids is 1. The smallest absolute Gasteiger partial charge is 0.432 e. The average molecular weight is 445 g/mol. The van der Waals surface area contributed by atoms with Crippen molar-refractivity contribution in [3.8, 4) is 10.6 Å². The molecule has 2 N–H and O–H groups in total. The minimum absolute atomic E-state index is 0.0115. The molecule has 0 aliphatic rings. The van der Waals surface area contributed by atoms with Gasteiger partial charge in [-0.2, -0.15) is 18.3 Å². The van der Waals surface area contributed by atoms with Crippen molar-refractivity contribution in [2.45, 2.75) is 17.3 Å². The second kappa shape index (κ2) is 7.87. The minimum Gasteiger partial charge on any atom is -0.462 e. The lowest BCUT2D eigenvalue weighted by molar-refractivity contribution is -0.141. The summed E-state index contributed by atoms with van der Waals surface area (Å²) >= 11 is 0.776. The Balaban J connectivity index is 1.77. The number of ether oxygens (including phenoxy) is 1. The monoisotopic (exact) mass is 445 g/mol. The Morgan fingerprint density at radius 1 is 1.21 bits per heavy atom. The Labute approximate surface area is 167 Å². The Bertz CT molecular complexity index is 1120. The first kappa shape index (κ1) is 20.9. The van der Waals surface area contributed by atoms with E-state index in [0.717, 1.165) is 17.4 Å². The number of sulfonamides is 1. The van der Waals surface area contributed by atoms with E-state index in [4.69, 9.17) is 4.74 Å². The largest absolute Gasteiger partial charge is 0.462 e. The highest BCUT2D eigenvalue weighted by molar-refractivity contribution is 7.94. The summed E-state index contributed by atoms with van der Waals surface area (Å²) in [6.45, 7) is 1.89. The summed E-state index contributed by atoms with van der Waals surface area (Å²) in [6.07, 6.45) is -4.57. The first-order valence-corrected chi connectivity index (χ1v) is 10.4. The van der Waals surface area contributed by atoms with Crippen LogP contribution in [0.4, 0.5) is 18.9 Å². The fourth-order valence-corrected chi connectivity index (χ4v) is 4.62. The molecule has 0 fully saturated rings. The molecule has 3 aromatic rings. The van der Waals surface area contributed by atoms with Crippen molar-refractivity contribution in [1.29, 1.82) is 0 Å². The Hall–Kier alpha value is -2.86. The number of carbonyl (C=O) groups is 1. The molecule has 3 rings (SSSR count). The molecule has 12 heteroatoms. The molecule has 0 amide bonds. The molecule has 0 saturated carbocycles. The van der Waals surface area contributed by atoms with E-state index in [9.17, 15) is 26.4 Å². The second-order valence-corrected chi connectivity index (χ2v) is 8.68. The van der Waals surface area contributed by atoms with Crippen LogP contribution >= 0.6 is 11.3 Å². The lowest BCUT2D eigenvalue weighted by atomic mass is 10.2. The van der Waals surface area contributed by atoms with Gasteiger partial charge in [0.25, 0.3) is 10.0 Å². The van der Waals surface area contributed by atoms with Crippen LogP contribution in [0.3, 0.4) is 0 Å². The van der Waals surface area contributed by atoms with Gasteiger partial charge >= 0.3 is 12.1 Å². The summed E-state index contributed by atoms with van der Waals surface area (Å²) < 4.78 is 70.2. The molecule has 0 radical (unpaired) electrons. The molecule has 29 heavy (non-hydrogen) atoms. The van der Waals surface area contributed by atoms with E-state index >= 15 is 0 Å². The van der Waals surface area contributed by atoms with Crippen molar-refractivity contribution in [3.05, 3.63) is 53.7 Å². The first-order valence-electron chi connectivity index (χ1n) is 8.13. The maximum absolute atomic E-state index is 12.7. The normalized spacial score (nSPS) is 12.0. The summed E-state index contributed by atoms with van der Waals surface area (Å²) in [6, 6.07) is 9.10. The van der Waals surface area contributed by atoms with Gasteiger partial charge in [0.15, 0.2) is 0 Å². The van der Waals surface area contributed by atoms with Crippen molar-refractivity contribution >= 4 is 33.0 Å². The van der Waals surface area contributed by atoms with Gasteiger partial charge in [-0.15, -0.1) is 11.3 Å². The Morgan fingerprint density at radius 2 is 1.90 bits per heavy atom. The summed E-state index contributed by atoms with van der Waals surface area (Å²) in [7, 11) is -3.97. The van der Waals surface area contributed by atoms with E-state index in [1.54, 1.807) is 6.92 Å². The van der Waals surface area contributed by atoms with E-state index in [0.29, 0.717) is 0 Å². The van der Waals surface area contributed by atoms with Crippen LogP contribution < -0.4 is 4.72 Å². The maximum Gasteiger partial charge on any atom is 0.432 e. The van der Waals surface area contributed by atoms with E-state index < -0.39 is 27.9 Å². The van der Waals surface area contributed by atoms with Crippen molar-refractivity contribution in [1.82, 2.24) is 10.2 Å². The molecule has 7 nitrogen and oxygen atoms in total. The predicted octanol–water partition coefficient (Wildman–Crippen LogP) is 4.13. The van der Waals surface area contributed by atoms with Gasteiger partial charge in [-0.3, -0.25) is 9.82 Å². The lowest BCUT2D eigenvalue weighted by Gasteiger charge is -2.07. The molecule has 0 bridgehead atoms. The zero-order valence-corrected chi connectivity index (χ0v) is 16.4. The highest BCUT2D eigenvalue weighted by atomic mass is 32.2. The number of thiophene rings is 1. The third-order valence-corrected chi connectivity index (χ3v) is 6.61. The second-order valence-electron chi connectivity index (χ2n) is 5.69. The molecule has 2 aromatic heterocycles. The predicted molar refractivity (Wildman–Crippen MR) is 100 cm³/mol. The number of esters is 1. The van der Waals surface area contributed by atoms with Gasteiger partial charge in [-0.05, 0) is 49.4 Å². The molecule has 2 heterocycles. The standard InChI is InChI=1S/C17H14F3N3O4S2/c1-2-27-16(24)10-3-5-11(6-4-10)23-29(25,26)15-8-7-13(28-15)12-9-14(22-21-12)17(18,19)20/h3-9,23H,2H2,1H3,(H,21,22). The third kappa shape index (κ3) is 4.77. The SMILES string of the molecule is CCOC(=O)c1ccc(NS(=O)(=O)c2ccc(-c3cc(C(F)(F)F)[nH]n3)s2)cc1. The number of rotatable bonds is 6. The number of hydrogen-bond donors (Lipinski definition) is 2. The maximum atomic E-state index is 12.7. The number of H-pyrrole nitrogens is 1. The van der Waals surface area contributed by atoms with Gasteiger partial charge in [0, 0.05) is 5.69 Å². The molecule has 154 valence electrons. The number of nitrogens with one attached hydrogen (secondary N) is 2. The zero-order valence-electron chi connectivity index (χ0n) is 14.8. The van der Waals surface area contributed by atoms with E-state index in [-0.39, 0.29) is 32.6 Å². The lowest BCUT2D eigenvalue weighted by Crippen LogP contribution is -2.11. The average Bonchev–Trinajstić information content (AvgIpc) is 3.31. The van der Waals surface area contributed by atoms with Crippen LogP contribution in [0.2, 0.25) is 0 Å². The van der Waals surface area contributed by atoms with Crippen molar-refractivity contribution in [2.75, 3.05) is 11.3 Å². The molecule has 0 spiro atoms. The molecular formula is C17H14F3N3O4S2. The first-order chi connectivity index (χ1) is 13.6. The molecule has 0 saturated heterocycles. The van der Waals surface area contributed by atoms with Gasteiger partial charge in [0.05, 0.1) is 17.0 Å². The van der Waals surface area contributed by atoms with Crippen LogP contribution in [0, 0.1) is 0 Å². The van der Waals surface area contributed by atoms with Crippen molar-refractivity contribution in [2.24, 2.45) is 0 Å². The topological polar surface area (TPSA) is 101 Å². The van der Waals surface area contributed by atoms with Crippen LogP contribution in [-0.2, 0) is 20.9 Å². The number of nitrogens with zero attached hydrogens (tertiary/aromatic N) is 1. The number of hydrogen-bond acceptors (Lipinski definition) is 6. The molecule has 0 atom stereocenters. The Kier molecular flexibility index (Phi) is 5.66. The summed E-state index contributed by atoms with van der Waals surface area (Å²) in [4.78, 5) is 11.9. The molecule has 0 unspecified atom stereocenters. The Morgan fingerprint density at radius 3 is 2.48 bits per heavy atom. The highest BCUT2D eigenvalue weighted by Crippen LogP contribution is 2.34. The summed E-state index contributed by atoms with van der Waals surface area (Å²) in [5.41, 5.74) is -0.549. The van der Waals surface area contributed by atoms with Crippen LogP contribution in [0.1, 0.15) is 23.0 Å². The van der Waals surface area contributed by atoms with Gasteiger partial charge < -0.3 is 4.74 Å². The number of halogens is 3. The van der Waals surface area contributed by atoms with Gasteiger partial charge in [0.2, 0.25) is 0 Å². The fraction of sp³-hybridized carbons (Fsp3) is 0.176. The van der Waals surface area contributed by atoms with Crippen LogP contribution in [0.25, 0.3) is 10.6 Å². The van der Waals surface area contributed by atoms with Gasteiger partial charge in [-0.1, -0.05) is 0 Å². The van der Waals surface area contributed by atoms with Crippen molar-refractivity contribution in [3.63, 3.8) is 0 Å². The molecule has 0 aliphatic heterocycles. The summed E-state index contributed by atoms with van der Waals surface area (Å²) in [5, 5.41) is 5.46. The molecule has 0 aliphatic carbocycles. The molecule has 1 aromatic carbocycles. The van der Waals surface area contributed by atoms with Crippen molar-refractivity contribution < 1.29 is 31.1 Å². The zero-order chi connectivity index (χ0) is 21.2. The quantitative estimate of drug-likeness (QED) is 0.556. The number of alkyl halides is 3. The fourth-order valence-electron chi connectivity index (χ4n) is 2.29. The number of aromatic nitrogens is 2. The van der Waals surface area contributed by atoms with Crippen LogP contribution in [-0.4, -0.2) is 31.2 Å². The van der Waals surface area contributed by atoms with E-state index in [1.165, 1.54) is 36.4 Å². The number of benzene rings is 1. The van der Waals surface area contributed by atoms with E-state index in [1.807, 2.05) is 5.10 Å².